The van der Waals surface area contributed by atoms with Gasteiger partial charge < -0.3 is 10.2 Å². The number of amides is 2. The highest BCUT2D eigenvalue weighted by molar-refractivity contribution is 6.31. The molecule has 3 aromatic rings. The number of rotatable bonds is 4. The minimum atomic E-state index is -0.322. The number of halogens is 2. The van der Waals surface area contributed by atoms with Crippen LogP contribution < -0.4 is 5.32 Å². The average Bonchev–Trinajstić information content (AvgIpc) is 3.28. The van der Waals surface area contributed by atoms with E-state index in [9.17, 15) is 9.59 Å². The zero-order chi connectivity index (χ0) is 21.1. The van der Waals surface area contributed by atoms with Gasteiger partial charge in [-0.3, -0.25) is 9.59 Å². The molecule has 1 fully saturated rings. The Kier molecular flexibility index (Phi) is 6.01. The van der Waals surface area contributed by atoms with E-state index in [0.717, 1.165) is 6.42 Å². The maximum absolute atomic E-state index is 13.0. The van der Waals surface area contributed by atoms with E-state index >= 15 is 0 Å². The third-order valence-corrected chi connectivity index (χ3v) is 5.54. The van der Waals surface area contributed by atoms with Gasteiger partial charge in [-0.25, -0.2) is 9.67 Å². The van der Waals surface area contributed by atoms with Crippen LogP contribution in [0.1, 0.15) is 23.2 Å². The maximum atomic E-state index is 13.0. The van der Waals surface area contributed by atoms with Crippen molar-refractivity contribution in [3.63, 3.8) is 0 Å². The number of piperidine rings is 1. The van der Waals surface area contributed by atoms with E-state index in [-0.39, 0.29) is 17.7 Å². The molecule has 1 aliphatic rings. The summed E-state index contributed by atoms with van der Waals surface area (Å²) in [6, 6.07) is 11.9. The van der Waals surface area contributed by atoms with Crippen LogP contribution in [-0.2, 0) is 4.79 Å². The SMILES string of the molecule is O=C(Nc1cc(Cl)ccc1-n1cncn1)[C@H]1CCCN(C(=O)c2ccc(Cl)cc2)C1. The molecule has 2 amide bonds. The third-order valence-electron chi connectivity index (χ3n) is 5.05. The fraction of sp³-hybridized carbons (Fsp3) is 0.238. The maximum Gasteiger partial charge on any atom is 0.253 e. The molecule has 2 aromatic carbocycles. The molecule has 9 heteroatoms. The Morgan fingerprint density at radius 1 is 1.07 bits per heavy atom. The van der Waals surface area contributed by atoms with Gasteiger partial charge in [-0.05, 0) is 55.3 Å². The summed E-state index contributed by atoms with van der Waals surface area (Å²) in [5, 5.41) is 8.14. The van der Waals surface area contributed by atoms with Gasteiger partial charge in [0.15, 0.2) is 0 Å². The lowest BCUT2D eigenvalue weighted by atomic mass is 9.96. The van der Waals surface area contributed by atoms with Gasteiger partial charge in [0.1, 0.15) is 12.7 Å². The number of benzene rings is 2. The fourth-order valence-electron chi connectivity index (χ4n) is 3.53. The van der Waals surface area contributed by atoms with Crippen molar-refractivity contribution in [3.05, 3.63) is 70.7 Å². The van der Waals surface area contributed by atoms with Gasteiger partial charge in [0.05, 0.1) is 17.3 Å². The molecule has 1 aliphatic heterocycles. The van der Waals surface area contributed by atoms with E-state index in [0.29, 0.717) is 46.5 Å². The summed E-state index contributed by atoms with van der Waals surface area (Å²) in [6.45, 7) is 0.971. The molecule has 0 aliphatic carbocycles. The van der Waals surface area contributed by atoms with E-state index < -0.39 is 0 Å². The summed E-state index contributed by atoms with van der Waals surface area (Å²) in [5.74, 6) is -0.583. The number of aromatic nitrogens is 3. The van der Waals surface area contributed by atoms with Crippen LogP contribution in [0.2, 0.25) is 10.0 Å². The lowest BCUT2D eigenvalue weighted by Crippen LogP contribution is -2.43. The van der Waals surface area contributed by atoms with Gasteiger partial charge in [-0.1, -0.05) is 23.2 Å². The highest BCUT2D eigenvalue weighted by Gasteiger charge is 2.29. The summed E-state index contributed by atoms with van der Waals surface area (Å²) in [6.07, 6.45) is 4.42. The van der Waals surface area contributed by atoms with E-state index in [1.54, 1.807) is 58.4 Å². The molecule has 4 rings (SSSR count). The van der Waals surface area contributed by atoms with Crippen molar-refractivity contribution in [3.8, 4) is 5.69 Å². The largest absolute Gasteiger partial charge is 0.338 e. The van der Waals surface area contributed by atoms with Crippen molar-refractivity contribution in [2.45, 2.75) is 12.8 Å². The summed E-state index contributed by atoms with van der Waals surface area (Å²) in [4.78, 5) is 31.5. The minimum absolute atomic E-state index is 0.102. The highest BCUT2D eigenvalue weighted by Crippen LogP contribution is 2.26. The van der Waals surface area contributed by atoms with Crippen LogP contribution in [-0.4, -0.2) is 44.6 Å². The number of hydrogen-bond donors (Lipinski definition) is 1. The lowest BCUT2D eigenvalue weighted by molar-refractivity contribution is -0.121. The van der Waals surface area contributed by atoms with E-state index in [4.69, 9.17) is 23.2 Å². The van der Waals surface area contributed by atoms with Crippen LogP contribution in [0.25, 0.3) is 5.69 Å². The second-order valence-corrected chi connectivity index (χ2v) is 7.96. The first kappa shape index (κ1) is 20.4. The quantitative estimate of drug-likeness (QED) is 0.658. The van der Waals surface area contributed by atoms with E-state index in [2.05, 4.69) is 15.4 Å². The predicted octanol–water partition coefficient (Wildman–Crippen LogP) is 4.07. The highest BCUT2D eigenvalue weighted by atomic mass is 35.5. The Morgan fingerprint density at radius 3 is 2.57 bits per heavy atom. The van der Waals surface area contributed by atoms with E-state index in [1.807, 2.05) is 0 Å². The van der Waals surface area contributed by atoms with Gasteiger partial charge in [-0.15, -0.1) is 0 Å². The number of nitrogens with zero attached hydrogens (tertiary/aromatic N) is 4. The monoisotopic (exact) mass is 443 g/mol. The zero-order valence-electron chi connectivity index (χ0n) is 16.0. The smallest absolute Gasteiger partial charge is 0.253 e. The topological polar surface area (TPSA) is 80.1 Å². The van der Waals surface area contributed by atoms with Crippen molar-refractivity contribution < 1.29 is 9.59 Å². The lowest BCUT2D eigenvalue weighted by Gasteiger charge is -2.32. The van der Waals surface area contributed by atoms with Crippen LogP contribution in [0, 0.1) is 5.92 Å². The summed E-state index contributed by atoms with van der Waals surface area (Å²) >= 11 is 12.0. The third kappa shape index (κ3) is 4.47. The Bertz CT molecular complexity index is 1050. The van der Waals surface area contributed by atoms with Crippen LogP contribution in [0.3, 0.4) is 0 Å². The molecule has 1 saturated heterocycles. The normalized spacial score (nSPS) is 16.3. The van der Waals surface area contributed by atoms with Crippen molar-refractivity contribution in [2.24, 2.45) is 5.92 Å². The Balaban J connectivity index is 1.48. The van der Waals surface area contributed by atoms with Gasteiger partial charge in [-0.2, -0.15) is 5.10 Å². The molecule has 0 spiro atoms. The number of hydrogen-bond acceptors (Lipinski definition) is 4. The number of nitrogens with one attached hydrogen (secondary N) is 1. The second kappa shape index (κ2) is 8.85. The zero-order valence-corrected chi connectivity index (χ0v) is 17.5. The number of anilines is 1. The van der Waals surface area contributed by atoms with Crippen molar-refractivity contribution >= 4 is 40.7 Å². The van der Waals surface area contributed by atoms with Gasteiger partial charge in [0, 0.05) is 28.7 Å². The second-order valence-electron chi connectivity index (χ2n) is 7.09. The first-order valence-electron chi connectivity index (χ1n) is 9.51. The Labute approximate surface area is 183 Å². The molecule has 1 atom stereocenters. The molecular weight excluding hydrogens is 425 g/mol. The molecule has 0 bridgehead atoms. The molecule has 1 aromatic heterocycles. The molecule has 154 valence electrons. The molecular formula is C21H19Cl2N5O2. The number of carbonyl (C=O) groups excluding carboxylic acids is 2. The molecule has 7 nitrogen and oxygen atoms in total. The molecule has 30 heavy (non-hydrogen) atoms. The van der Waals surface area contributed by atoms with Gasteiger partial charge >= 0.3 is 0 Å². The molecule has 1 N–H and O–H groups in total. The van der Waals surface area contributed by atoms with Crippen LogP contribution in [0.5, 0.6) is 0 Å². The fourth-order valence-corrected chi connectivity index (χ4v) is 3.82. The number of carbonyl (C=O) groups is 2. The first-order valence-corrected chi connectivity index (χ1v) is 10.3. The summed E-state index contributed by atoms with van der Waals surface area (Å²) in [7, 11) is 0. The average molecular weight is 444 g/mol. The Morgan fingerprint density at radius 2 is 1.83 bits per heavy atom. The van der Waals surface area contributed by atoms with Gasteiger partial charge in [0.25, 0.3) is 5.91 Å². The van der Waals surface area contributed by atoms with Crippen molar-refractivity contribution in [1.29, 1.82) is 0 Å². The van der Waals surface area contributed by atoms with Crippen molar-refractivity contribution in [2.75, 3.05) is 18.4 Å². The summed E-state index contributed by atoms with van der Waals surface area (Å²) in [5.41, 5.74) is 1.76. The molecule has 0 unspecified atom stereocenters. The Hall–Kier alpha value is -2.90. The van der Waals surface area contributed by atoms with Gasteiger partial charge in [0.2, 0.25) is 5.91 Å². The molecule has 0 saturated carbocycles. The minimum Gasteiger partial charge on any atom is -0.338 e. The van der Waals surface area contributed by atoms with Crippen LogP contribution in [0.15, 0.2) is 55.1 Å². The predicted molar refractivity (Wildman–Crippen MR) is 115 cm³/mol. The molecule has 0 radical (unpaired) electrons. The molecule has 2 heterocycles. The summed E-state index contributed by atoms with van der Waals surface area (Å²) < 4.78 is 1.56. The number of likely N-dealkylation sites (tertiary alicyclic amines) is 1. The van der Waals surface area contributed by atoms with Crippen LogP contribution in [0.4, 0.5) is 5.69 Å². The van der Waals surface area contributed by atoms with Crippen LogP contribution >= 0.6 is 23.2 Å². The standard InChI is InChI=1S/C21H19Cl2N5O2/c22-16-5-3-14(4-6-16)21(30)27-9-1-2-15(11-27)20(29)26-18-10-17(23)7-8-19(18)28-13-24-12-25-28/h3-8,10,12-13,15H,1-2,9,11H2,(H,26,29)/t15-/m0/s1. The van der Waals surface area contributed by atoms with E-state index in [1.165, 1.54) is 6.33 Å². The first-order chi connectivity index (χ1) is 14.5. The van der Waals surface area contributed by atoms with Crippen molar-refractivity contribution in [1.82, 2.24) is 19.7 Å².